The number of fused-ring (bicyclic) bond motifs is 1. The number of hydrogen-bond acceptors (Lipinski definition) is 3. The topological polar surface area (TPSA) is 38.9 Å². The van der Waals surface area contributed by atoms with Gasteiger partial charge in [-0.15, -0.1) is 11.6 Å². The molecule has 0 amide bonds. The van der Waals surface area contributed by atoms with Gasteiger partial charge in [0.2, 0.25) is 0 Å². The molecule has 21 heavy (non-hydrogen) atoms. The van der Waals surface area contributed by atoms with Crippen LogP contribution in [0.15, 0.2) is 0 Å². The van der Waals surface area contributed by atoms with Crippen LogP contribution in [0.5, 0.6) is 0 Å². The molecule has 5 nitrogen and oxygen atoms in total. The number of aromatic nitrogens is 4. The van der Waals surface area contributed by atoms with E-state index in [1.807, 2.05) is 18.7 Å². The van der Waals surface area contributed by atoms with E-state index in [9.17, 15) is 0 Å². The molecule has 2 heterocycles. The summed E-state index contributed by atoms with van der Waals surface area (Å²) >= 11 is 5.95. The maximum absolute atomic E-state index is 5.95. The fraction of sp³-hybridized carbons (Fsp3) is 0.733. The summed E-state index contributed by atoms with van der Waals surface area (Å²) in [5.41, 5.74) is 3.14. The smallest absolute Gasteiger partial charge is 0.158 e. The molecule has 0 radical (unpaired) electrons. The highest BCUT2D eigenvalue weighted by Crippen LogP contribution is 2.27. The van der Waals surface area contributed by atoms with Gasteiger partial charge in [0.1, 0.15) is 11.3 Å². The summed E-state index contributed by atoms with van der Waals surface area (Å²) in [6.07, 6.45) is 3.52. The lowest BCUT2D eigenvalue weighted by Crippen LogP contribution is -2.30. The van der Waals surface area contributed by atoms with Crippen molar-refractivity contribution >= 4 is 22.8 Å². The van der Waals surface area contributed by atoms with Gasteiger partial charge in [-0.2, -0.15) is 5.10 Å². The number of aryl methyl sites for hydroxylation is 3. The molecule has 0 atom stereocenters. The molecule has 3 rings (SSSR count). The molecule has 0 N–H and O–H groups in total. The van der Waals surface area contributed by atoms with Crippen molar-refractivity contribution in [1.82, 2.24) is 24.2 Å². The van der Waals surface area contributed by atoms with Crippen LogP contribution in [-0.2, 0) is 20.0 Å². The Bertz CT molecular complexity index is 626. The SMILES string of the molecule is CCN(CCn1c(CCCl)nc2c(C)nn(C)c21)C1CC1. The number of hydrogen-bond donors (Lipinski definition) is 0. The second-order valence-corrected chi connectivity index (χ2v) is 6.24. The van der Waals surface area contributed by atoms with E-state index >= 15 is 0 Å². The van der Waals surface area contributed by atoms with Crippen LogP contribution in [0.1, 0.15) is 31.3 Å². The first-order chi connectivity index (χ1) is 10.2. The highest BCUT2D eigenvalue weighted by Gasteiger charge is 2.28. The van der Waals surface area contributed by atoms with E-state index in [-0.39, 0.29) is 0 Å². The fourth-order valence-corrected chi connectivity index (χ4v) is 3.33. The molecule has 0 spiro atoms. The molecular formula is C15H24ClN5. The molecule has 0 saturated heterocycles. The Hall–Kier alpha value is -1.07. The minimum atomic E-state index is 0.607. The van der Waals surface area contributed by atoms with Crippen LogP contribution in [0.3, 0.4) is 0 Å². The Morgan fingerprint density at radius 1 is 1.38 bits per heavy atom. The van der Waals surface area contributed by atoms with Crippen LogP contribution in [0.4, 0.5) is 0 Å². The van der Waals surface area contributed by atoms with Crippen LogP contribution in [0, 0.1) is 6.92 Å². The molecule has 2 aromatic heterocycles. The van der Waals surface area contributed by atoms with E-state index < -0.39 is 0 Å². The van der Waals surface area contributed by atoms with Gasteiger partial charge >= 0.3 is 0 Å². The highest BCUT2D eigenvalue weighted by molar-refractivity contribution is 6.17. The lowest BCUT2D eigenvalue weighted by atomic mass is 10.4. The van der Waals surface area contributed by atoms with Crippen molar-refractivity contribution in [2.45, 2.75) is 45.7 Å². The molecule has 0 aliphatic heterocycles. The maximum Gasteiger partial charge on any atom is 0.158 e. The van der Waals surface area contributed by atoms with Gasteiger partial charge in [0.25, 0.3) is 0 Å². The number of halogens is 1. The van der Waals surface area contributed by atoms with Crippen molar-refractivity contribution in [2.24, 2.45) is 7.05 Å². The first kappa shape index (κ1) is 14.9. The third-order valence-corrected chi connectivity index (χ3v) is 4.56. The second-order valence-electron chi connectivity index (χ2n) is 5.86. The number of imidazole rings is 1. The number of alkyl halides is 1. The van der Waals surface area contributed by atoms with Gasteiger partial charge in [0.05, 0.1) is 5.69 Å². The van der Waals surface area contributed by atoms with Crippen molar-refractivity contribution in [2.75, 3.05) is 19.0 Å². The predicted molar refractivity (Wildman–Crippen MR) is 85.9 cm³/mol. The van der Waals surface area contributed by atoms with E-state index in [1.54, 1.807) is 0 Å². The van der Waals surface area contributed by atoms with Crippen molar-refractivity contribution < 1.29 is 0 Å². The Kier molecular flexibility index (Phi) is 4.22. The summed E-state index contributed by atoms with van der Waals surface area (Å²) in [5, 5.41) is 4.49. The van der Waals surface area contributed by atoms with E-state index in [0.717, 1.165) is 54.8 Å². The minimum Gasteiger partial charge on any atom is -0.312 e. The minimum absolute atomic E-state index is 0.607. The largest absolute Gasteiger partial charge is 0.312 e. The molecule has 6 heteroatoms. The highest BCUT2D eigenvalue weighted by atomic mass is 35.5. The Morgan fingerprint density at radius 2 is 2.14 bits per heavy atom. The summed E-state index contributed by atoms with van der Waals surface area (Å²) in [4.78, 5) is 7.33. The normalized spacial score (nSPS) is 15.5. The predicted octanol–water partition coefficient (Wildman–Crippen LogP) is 2.34. The van der Waals surface area contributed by atoms with E-state index in [1.165, 1.54) is 12.8 Å². The van der Waals surface area contributed by atoms with Crippen molar-refractivity contribution in [3.8, 4) is 0 Å². The summed E-state index contributed by atoms with van der Waals surface area (Å²) in [7, 11) is 2.00. The Balaban J connectivity index is 1.88. The number of rotatable bonds is 7. The fourth-order valence-electron chi connectivity index (χ4n) is 3.16. The van der Waals surface area contributed by atoms with Gasteiger partial charge in [-0.25, -0.2) is 4.98 Å². The van der Waals surface area contributed by atoms with Gasteiger partial charge in [0, 0.05) is 38.5 Å². The number of likely N-dealkylation sites (N-methyl/N-ethyl adjacent to an activating group) is 1. The first-order valence-corrected chi connectivity index (χ1v) is 8.37. The summed E-state index contributed by atoms with van der Waals surface area (Å²) in [5.74, 6) is 1.69. The molecule has 2 aromatic rings. The summed E-state index contributed by atoms with van der Waals surface area (Å²) < 4.78 is 4.26. The number of nitrogens with zero attached hydrogens (tertiary/aromatic N) is 5. The molecule has 1 aliphatic rings. The lowest BCUT2D eigenvalue weighted by Gasteiger charge is -2.20. The van der Waals surface area contributed by atoms with Gasteiger partial charge in [-0.3, -0.25) is 9.58 Å². The van der Waals surface area contributed by atoms with Crippen LogP contribution in [0.2, 0.25) is 0 Å². The van der Waals surface area contributed by atoms with E-state index in [4.69, 9.17) is 16.6 Å². The summed E-state index contributed by atoms with van der Waals surface area (Å²) in [6, 6.07) is 0.804. The molecule has 1 aliphatic carbocycles. The monoisotopic (exact) mass is 309 g/mol. The Morgan fingerprint density at radius 3 is 2.76 bits per heavy atom. The quantitative estimate of drug-likeness (QED) is 0.737. The van der Waals surface area contributed by atoms with Crippen molar-refractivity contribution in [3.63, 3.8) is 0 Å². The van der Waals surface area contributed by atoms with Gasteiger partial charge in [-0.05, 0) is 26.3 Å². The zero-order valence-corrected chi connectivity index (χ0v) is 13.9. The first-order valence-electron chi connectivity index (χ1n) is 7.84. The van der Waals surface area contributed by atoms with Crippen LogP contribution in [-0.4, -0.2) is 49.2 Å². The second kappa shape index (κ2) is 5.97. The zero-order chi connectivity index (χ0) is 15.0. The molecule has 0 aromatic carbocycles. The molecule has 116 valence electrons. The van der Waals surface area contributed by atoms with E-state index in [2.05, 4.69) is 21.5 Å². The van der Waals surface area contributed by atoms with E-state index in [0.29, 0.717) is 5.88 Å². The Labute approximate surface area is 130 Å². The third kappa shape index (κ3) is 2.81. The van der Waals surface area contributed by atoms with Crippen LogP contribution < -0.4 is 0 Å². The molecule has 0 unspecified atom stereocenters. The average Bonchev–Trinajstić information content (AvgIpc) is 3.17. The molecule has 0 bridgehead atoms. The summed E-state index contributed by atoms with van der Waals surface area (Å²) in [6.45, 7) is 7.43. The van der Waals surface area contributed by atoms with Gasteiger partial charge < -0.3 is 4.57 Å². The molecule has 1 saturated carbocycles. The lowest BCUT2D eigenvalue weighted by molar-refractivity contribution is 0.266. The third-order valence-electron chi connectivity index (χ3n) is 4.37. The van der Waals surface area contributed by atoms with Crippen LogP contribution in [0.25, 0.3) is 11.2 Å². The van der Waals surface area contributed by atoms with Gasteiger partial charge in [-0.1, -0.05) is 6.92 Å². The van der Waals surface area contributed by atoms with Crippen LogP contribution >= 0.6 is 11.6 Å². The maximum atomic E-state index is 5.95. The van der Waals surface area contributed by atoms with Crippen molar-refractivity contribution in [3.05, 3.63) is 11.5 Å². The molecular weight excluding hydrogens is 286 g/mol. The standard InChI is InChI=1S/C15H24ClN5/c1-4-20(12-5-6-12)9-10-21-13(7-8-16)17-14-11(2)18-19(3)15(14)21/h12H,4-10H2,1-3H3. The van der Waals surface area contributed by atoms with Gasteiger partial charge in [0.15, 0.2) is 5.65 Å². The zero-order valence-electron chi connectivity index (χ0n) is 13.1. The van der Waals surface area contributed by atoms with Crippen molar-refractivity contribution in [1.29, 1.82) is 0 Å². The molecule has 1 fully saturated rings. The average molecular weight is 310 g/mol.